The first-order valence-electron chi connectivity index (χ1n) is 6.92. The van der Waals surface area contributed by atoms with Gasteiger partial charge in [-0.05, 0) is 32.9 Å². The molecule has 7 nitrogen and oxygen atoms in total. The molecule has 0 bridgehead atoms. The first kappa shape index (κ1) is 18.5. The molecule has 2 aromatic heterocycles. The first-order valence-corrected chi connectivity index (χ1v) is 6.92. The van der Waals surface area contributed by atoms with Crippen molar-refractivity contribution in [3.63, 3.8) is 0 Å². The lowest BCUT2D eigenvalue weighted by Crippen LogP contribution is -2.48. The number of aliphatic imine (C=N–C) groups is 1. The van der Waals surface area contributed by atoms with Crippen molar-refractivity contribution >= 4 is 29.9 Å². The normalized spacial score (nSPS) is 11.9. The van der Waals surface area contributed by atoms with Crippen LogP contribution in [0.3, 0.4) is 0 Å². The SMILES string of the molecule is CN=C(NCCc1nc(-c2ccco2)n[nH]1)NC(C)(C)C.I. The minimum absolute atomic E-state index is 0. The molecule has 0 radical (unpaired) electrons. The van der Waals surface area contributed by atoms with Crippen LogP contribution in [0.15, 0.2) is 27.8 Å². The Labute approximate surface area is 147 Å². The Morgan fingerprint density at radius 1 is 1.41 bits per heavy atom. The quantitative estimate of drug-likeness (QED) is 0.402. The Morgan fingerprint density at radius 3 is 2.77 bits per heavy atom. The number of aromatic nitrogens is 3. The largest absolute Gasteiger partial charge is 0.461 e. The lowest BCUT2D eigenvalue weighted by Gasteiger charge is -2.23. The molecule has 0 spiro atoms. The number of furan rings is 1. The number of hydrogen-bond acceptors (Lipinski definition) is 4. The summed E-state index contributed by atoms with van der Waals surface area (Å²) in [6.45, 7) is 6.98. The van der Waals surface area contributed by atoms with Crippen LogP contribution >= 0.6 is 24.0 Å². The average Bonchev–Trinajstić information content (AvgIpc) is 3.06. The third kappa shape index (κ3) is 5.66. The number of nitrogens with zero attached hydrogens (tertiary/aromatic N) is 3. The van der Waals surface area contributed by atoms with E-state index in [0.717, 1.165) is 18.2 Å². The van der Waals surface area contributed by atoms with Gasteiger partial charge in [0, 0.05) is 25.6 Å². The smallest absolute Gasteiger partial charge is 0.216 e. The van der Waals surface area contributed by atoms with E-state index >= 15 is 0 Å². The van der Waals surface area contributed by atoms with Gasteiger partial charge in [-0.15, -0.1) is 24.0 Å². The lowest BCUT2D eigenvalue weighted by atomic mass is 10.1. The van der Waals surface area contributed by atoms with Crippen LogP contribution in [0.4, 0.5) is 0 Å². The van der Waals surface area contributed by atoms with Gasteiger partial charge >= 0.3 is 0 Å². The van der Waals surface area contributed by atoms with E-state index in [4.69, 9.17) is 4.42 Å². The fraction of sp³-hybridized carbons (Fsp3) is 0.500. The zero-order valence-electron chi connectivity index (χ0n) is 13.3. The topological polar surface area (TPSA) is 91.1 Å². The maximum absolute atomic E-state index is 5.26. The summed E-state index contributed by atoms with van der Waals surface area (Å²) in [5.41, 5.74) is -0.0272. The molecular weight excluding hydrogens is 395 g/mol. The van der Waals surface area contributed by atoms with Gasteiger partial charge in [0.25, 0.3) is 0 Å². The zero-order chi connectivity index (χ0) is 15.3. The summed E-state index contributed by atoms with van der Waals surface area (Å²) >= 11 is 0. The zero-order valence-corrected chi connectivity index (χ0v) is 15.6. The molecule has 0 aliphatic heterocycles. The fourth-order valence-corrected chi connectivity index (χ4v) is 1.76. The van der Waals surface area contributed by atoms with Crippen molar-refractivity contribution in [1.82, 2.24) is 25.8 Å². The number of rotatable bonds is 4. The van der Waals surface area contributed by atoms with Crippen molar-refractivity contribution in [1.29, 1.82) is 0 Å². The minimum atomic E-state index is -0.0272. The van der Waals surface area contributed by atoms with E-state index < -0.39 is 0 Å². The molecule has 2 aromatic rings. The number of H-pyrrole nitrogens is 1. The molecule has 0 aromatic carbocycles. The van der Waals surface area contributed by atoms with Crippen LogP contribution in [0.2, 0.25) is 0 Å². The number of nitrogens with one attached hydrogen (secondary N) is 3. The molecule has 0 amide bonds. The van der Waals surface area contributed by atoms with Crippen molar-refractivity contribution < 1.29 is 4.42 Å². The van der Waals surface area contributed by atoms with Gasteiger partial charge in [0.2, 0.25) is 5.82 Å². The van der Waals surface area contributed by atoms with E-state index in [-0.39, 0.29) is 29.5 Å². The maximum atomic E-state index is 5.26. The molecule has 0 fully saturated rings. The number of halogens is 1. The Morgan fingerprint density at radius 2 is 2.18 bits per heavy atom. The Kier molecular flexibility index (Phi) is 6.85. The van der Waals surface area contributed by atoms with Gasteiger partial charge in [0.15, 0.2) is 11.7 Å². The third-order valence-corrected chi connectivity index (χ3v) is 2.64. The molecule has 3 N–H and O–H groups in total. The summed E-state index contributed by atoms with van der Waals surface area (Å²) in [7, 11) is 1.75. The van der Waals surface area contributed by atoms with E-state index in [9.17, 15) is 0 Å². The number of guanidine groups is 1. The van der Waals surface area contributed by atoms with Gasteiger partial charge in [-0.2, -0.15) is 5.10 Å². The third-order valence-electron chi connectivity index (χ3n) is 2.64. The number of aromatic amines is 1. The fourth-order valence-electron chi connectivity index (χ4n) is 1.76. The van der Waals surface area contributed by atoms with Gasteiger partial charge in [-0.1, -0.05) is 0 Å². The van der Waals surface area contributed by atoms with Crippen molar-refractivity contribution in [2.24, 2.45) is 4.99 Å². The van der Waals surface area contributed by atoms with Crippen molar-refractivity contribution in [2.45, 2.75) is 32.7 Å². The summed E-state index contributed by atoms with van der Waals surface area (Å²) in [5.74, 6) is 2.82. The van der Waals surface area contributed by atoms with Crippen molar-refractivity contribution in [3.05, 3.63) is 24.2 Å². The van der Waals surface area contributed by atoms with Gasteiger partial charge < -0.3 is 15.1 Å². The molecular formula is C14H23IN6O. The number of hydrogen-bond donors (Lipinski definition) is 3. The molecule has 22 heavy (non-hydrogen) atoms. The highest BCUT2D eigenvalue weighted by Gasteiger charge is 2.12. The van der Waals surface area contributed by atoms with Gasteiger partial charge in [0.1, 0.15) is 5.82 Å². The molecule has 0 unspecified atom stereocenters. The molecule has 0 aliphatic carbocycles. The average molecular weight is 418 g/mol. The van der Waals surface area contributed by atoms with Crippen LogP contribution in [-0.4, -0.2) is 40.3 Å². The van der Waals surface area contributed by atoms with Crippen LogP contribution in [0.5, 0.6) is 0 Å². The highest BCUT2D eigenvalue weighted by molar-refractivity contribution is 14.0. The van der Waals surface area contributed by atoms with Crippen molar-refractivity contribution in [2.75, 3.05) is 13.6 Å². The lowest BCUT2D eigenvalue weighted by molar-refractivity contribution is 0.501. The summed E-state index contributed by atoms with van der Waals surface area (Å²) < 4.78 is 5.26. The molecule has 8 heteroatoms. The van der Waals surface area contributed by atoms with Gasteiger partial charge in [-0.25, -0.2) is 4.98 Å². The van der Waals surface area contributed by atoms with E-state index in [1.165, 1.54) is 0 Å². The van der Waals surface area contributed by atoms with Crippen LogP contribution < -0.4 is 10.6 Å². The Hall–Kier alpha value is -1.58. The van der Waals surface area contributed by atoms with Crippen LogP contribution in [0, 0.1) is 0 Å². The molecule has 0 atom stereocenters. The summed E-state index contributed by atoms with van der Waals surface area (Å²) in [4.78, 5) is 8.57. The molecule has 0 aliphatic rings. The summed E-state index contributed by atoms with van der Waals surface area (Å²) in [5, 5.41) is 13.6. The van der Waals surface area contributed by atoms with Gasteiger partial charge in [0.05, 0.1) is 6.26 Å². The van der Waals surface area contributed by atoms with Gasteiger partial charge in [-0.3, -0.25) is 10.1 Å². The highest BCUT2D eigenvalue weighted by atomic mass is 127. The van der Waals surface area contributed by atoms with Crippen LogP contribution in [0.25, 0.3) is 11.6 Å². The maximum Gasteiger partial charge on any atom is 0.216 e. The van der Waals surface area contributed by atoms with E-state index in [0.29, 0.717) is 18.1 Å². The van der Waals surface area contributed by atoms with Crippen LogP contribution in [-0.2, 0) is 6.42 Å². The summed E-state index contributed by atoms with van der Waals surface area (Å²) in [6.07, 6.45) is 2.33. The van der Waals surface area contributed by atoms with E-state index in [1.807, 2.05) is 12.1 Å². The Balaban J connectivity index is 0.00000242. The highest BCUT2D eigenvalue weighted by Crippen LogP contribution is 2.14. The molecule has 0 saturated carbocycles. The monoisotopic (exact) mass is 418 g/mol. The standard InChI is InChI=1S/C14H22N6O.HI/c1-14(2,3)18-13(15-4)16-8-7-11-17-12(20-19-11)10-6-5-9-21-10;/h5-6,9H,7-8H2,1-4H3,(H2,15,16,18)(H,17,19,20);1H. The summed E-state index contributed by atoms with van der Waals surface area (Å²) in [6, 6.07) is 3.65. The second-order valence-corrected chi connectivity index (χ2v) is 5.71. The molecule has 122 valence electrons. The Bertz CT molecular complexity index is 585. The molecule has 0 saturated heterocycles. The second kappa shape index (κ2) is 8.16. The van der Waals surface area contributed by atoms with E-state index in [2.05, 4.69) is 51.6 Å². The minimum Gasteiger partial charge on any atom is -0.461 e. The first-order chi connectivity index (χ1) is 9.98. The van der Waals surface area contributed by atoms with E-state index in [1.54, 1.807) is 13.3 Å². The predicted octanol–water partition coefficient (Wildman–Crippen LogP) is 2.19. The second-order valence-electron chi connectivity index (χ2n) is 5.71. The predicted molar refractivity (Wildman–Crippen MR) is 97.5 cm³/mol. The molecule has 2 heterocycles. The molecule has 2 rings (SSSR count). The van der Waals surface area contributed by atoms with Crippen molar-refractivity contribution in [3.8, 4) is 11.6 Å². The van der Waals surface area contributed by atoms with Crippen LogP contribution in [0.1, 0.15) is 26.6 Å².